The molecule has 0 aliphatic heterocycles. The fraction of sp³-hybridized carbons (Fsp3) is 0.522. The summed E-state index contributed by atoms with van der Waals surface area (Å²) < 4.78 is 16.2. The van der Waals surface area contributed by atoms with E-state index in [0.29, 0.717) is 35.1 Å². The maximum Gasteiger partial charge on any atom is 0.339 e. The average Bonchev–Trinajstić information content (AvgIpc) is 2.71. The minimum Gasteiger partial charge on any atom is -0.480 e. The number of esters is 1. The SMILES string of the molecule is COC(=O)C1CCC(NC(=O)C(C)Oc2cc(C)cc3oc(=O)c(C)c(C)c23)CC1. The van der Waals surface area contributed by atoms with Crippen LogP contribution in [0.5, 0.6) is 5.75 Å². The van der Waals surface area contributed by atoms with Crippen LogP contribution in [0.1, 0.15) is 49.3 Å². The van der Waals surface area contributed by atoms with Crippen LogP contribution in [0.2, 0.25) is 0 Å². The predicted octanol–water partition coefficient (Wildman–Crippen LogP) is 3.33. The Morgan fingerprint density at radius 3 is 2.40 bits per heavy atom. The van der Waals surface area contributed by atoms with Crippen LogP contribution in [0, 0.1) is 26.7 Å². The molecule has 30 heavy (non-hydrogen) atoms. The molecule has 1 aliphatic rings. The van der Waals surface area contributed by atoms with E-state index in [2.05, 4.69) is 5.32 Å². The number of ether oxygens (including phenoxy) is 2. The van der Waals surface area contributed by atoms with Gasteiger partial charge in [0.25, 0.3) is 5.91 Å². The molecule has 1 aromatic carbocycles. The Morgan fingerprint density at radius 2 is 1.77 bits per heavy atom. The largest absolute Gasteiger partial charge is 0.480 e. The second-order valence-electron chi connectivity index (χ2n) is 8.12. The molecule has 1 heterocycles. The van der Waals surface area contributed by atoms with E-state index in [1.165, 1.54) is 7.11 Å². The molecule has 1 atom stereocenters. The lowest BCUT2D eigenvalue weighted by Gasteiger charge is -2.28. The van der Waals surface area contributed by atoms with Gasteiger partial charge in [0.2, 0.25) is 0 Å². The average molecular weight is 415 g/mol. The molecule has 7 heteroatoms. The van der Waals surface area contributed by atoms with Crippen molar-refractivity contribution in [2.24, 2.45) is 5.92 Å². The number of amides is 1. The number of fused-ring (bicyclic) bond motifs is 1. The normalized spacial score (nSPS) is 19.9. The van der Waals surface area contributed by atoms with Crippen molar-refractivity contribution in [3.05, 3.63) is 39.2 Å². The maximum absolute atomic E-state index is 12.7. The molecule has 0 spiro atoms. The molecule has 1 aliphatic carbocycles. The van der Waals surface area contributed by atoms with Gasteiger partial charge >= 0.3 is 11.6 Å². The van der Waals surface area contributed by atoms with Gasteiger partial charge in [-0.15, -0.1) is 0 Å². The minimum absolute atomic E-state index is 0.0145. The predicted molar refractivity (Wildman–Crippen MR) is 113 cm³/mol. The van der Waals surface area contributed by atoms with E-state index in [1.807, 2.05) is 19.9 Å². The maximum atomic E-state index is 12.7. The summed E-state index contributed by atoms with van der Waals surface area (Å²) >= 11 is 0. The van der Waals surface area contributed by atoms with Crippen molar-refractivity contribution >= 4 is 22.8 Å². The van der Waals surface area contributed by atoms with Crippen molar-refractivity contribution in [2.45, 2.75) is 65.5 Å². The lowest BCUT2D eigenvalue weighted by atomic mass is 9.86. The Kier molecular flexibility index (Phi) is 6.48. The first kappa shape index (κ1) is 21.9. The number of nitrogens with one attached hydrogen (secondary N) is 1. The monoisotopic (exact) mass is 415 g/mol. The number of carbonyl (C=O) groups excluding carboxylic acids is 2. The van der Waals surface area contributed by atoms with E-state index in [1.54, 1.807) is 19.9 Å². The van der Waals surface area contributed by atoms with Crippen LogP contribution in [0.25, 0.3) is 11.0 Å². The van der Waals surface area contributed by atoms with Crippen LogP contribution in [-0.4, -0.2) is 31.1 Å². The Balaban J connectivity index is 1.72. The van der Waals surface area contributed by atoms with Gasteiger partial charge < -0.3 is 19.2 Å². The summed E-state index contributed by atoms with van der Waals surface area (Å²) in [7, 11) is 1.40. The number of hydrogen-bond donors (Lipinski definition) is 1. The number of hydrogen-bond acceptors (Lipinski definition) is 6. The van der Waals surface area contributed by atoms with Crippen LogP contribution in [0.3, 0.4) is 0 Å². The highest BCUT2D eigenvalue weighted by Crippen LogP contribution is 2.32. The zero-order valence-corrected chi connectivity index (χ0v) is 18.2. The highest BCUT2D eigenvalue weighted by Gasteiger charge is 2.29. The number of methoxy groups -OCH3 is 1. The van der Waals surface area contributed by atoms with Crippen LogP contribution >= 0.6 is 0 Å². The lowest BCUT2D eigenvalue weighted by molar-refractivity contribution is -0.146. The van der Waals surface area contributed by atoms with Crippen molar-refractivity contribution < 1.29 is 23.5 Å². The summed E-state index contributed by atoms with van der Waals surface area (Å²) in [4.78, 5) is 36.4. The van der Waals surface area contributed by atoms with Crippen molar-refractivity contribution in [1.29, 1.82) is 0 Å². The molecule has 1 amide bonds. The number of rotatable bonds is 5. The fourth-order valence-corrected chi connectivity index (χ4v) is 3.98. The fourth-order valence-electron chi connectivity index (χ4n) is 3.98. The molecule has 1 saturated carbocycles. The standard InChI is InChI=1S/C23H29NO6/c1-12-10-18(20-13(2)14(3)22(26)30-19(20)11-12)29-15(4)21(25)24-17-8-6-16(7-9-17)23(27)28-5/h10-11,15-17H,6-9H2,1-5H3,(H,24,25). The minimum atomic E-state index is -0.722. The zero-order chi connectivity index (χ0) is 22.0. The van der Waals surface area contributed by atoms with E-state index in [9.17, 15) is 14.4 Å². The summed E-state index contributed by atoms with van der Waals surface area (Å²) in [6.45, 7) is 7.14. The highest BCUT2D eigenvalue weighted by molar-refractivity contribution is 5.89. The van der Waals surface area contributed by atoms with Gasteiger partial charge in [-0.2, -0.15) is 0 Å². The summed E-state index contributed by atoms with van der Waals surface area (Å²) in [6.07, 6.45) is 2.14. The Hall–Kier alpha value is -2.83. The molecule has 162 valence electrons. The zero-order valence-electron chi connectivity index (χ0n) is 18.2. The van der Waals surface area contributed by atoms with Gasteiger partial charge in [-0.3, -0.25) is 9.59 Å². The Labute approximate surface area is 175 Å². The van der Waals surface area contributed by atoms with Crippen LogP contribution < -0.4 is 15.7 Å². The topological polar surface area (TPSA) is 94.8 Å². The molecule has 0 bridgehead atoms. The number of aryl methyl sites for hydroxylation is 2. The second kappa shape index (κ2) is 8.90. The first-order valence-electron chi connectivity index (χ1n) is 10.3. The van der Waals surface area contributed by atoms with E-state index in [0.717, 1.165) is 24.0 Å². The summed E-state index contributed by atoms with van der Waals surface area (Å²) in [5.74, 6) is 0.0424. The van der Waals surface area contributed by atoms with Gasteiger partial charge in [-0.25, -0.2) is 4.79 Å². The molecule has 0 radical (unpaired) electrons. The van der Waals surface area contributed by atoms with Gasteiger partial charge in [0.1, 0.15) is 11.3 Å². The second-order valence-corrected chi connectivity index (χ2v) is 8.12. The summed E-state index contributed by atoms with van der Waals surface area (Å²) in [5, 5.41) is 3.73. The van der Waals surface area contributed by atoms with Gasteiger partial charge in [0.15, 0.2) is 6.10 Å². The number of carbonyl (C=O) groups is 2. The third-order valence-corrected chi connectivity index (χ3v) is 5.94. The molecule has 1 unspecified atom stereocenters. The van der Waals surface area contributed by atoms with E-state index in [-0.39, 0.29) is 29.5 Å². The molecule has 1 fully saturated rings. The van der Waals surface area contributed by atoms with E-state index < -0.39 is 6.10 Å². The molecule has 2 aromatic rings. The van der Waals surface area contributed by atoms with Gasteiger partial charge in [-0.05, 0) is 76.6 Å². The lowest BCUT2D eigenvalue weighted by Crippen LogP contribution is -2.44. The molecule has 1 N–H and O–H groups in total. The first-order valence-corrected chi connectivity index (χ1v) is 10.3. The summed E-state index contributed by atoms with van der Waals surface area (Å²) in [5.41, 5.74) is 2.26. The van der Waals surface area contributed by atoms with Crippen LogP contribution in [0.4, 0.5) is 0 Å². The Morgan fingerprint density at radius 1 is 1.10 bits per heavy atom. The Bertz CT molecular complexity index is 1020. The van der Waals surface area contributed by atoms with Crippen molar-refractivity contribution in [1.82, 2.24) is 5.32 Å². The van der Waals surface area contributed by atoms with Crippen molar-refractivity contribution in [3.63, 3.8) is 0 Å². The number of benzene rings is 1. The van der Waals surface area contributed by atoms with Crippen LogP contribution in [-0.2, 0) is 14.3 Å². The first-order chi connectivity index (χ1) is 14.2. The molecule has 0 saturated heterocycles. The van der Waals surface area contributed by atoms with Gasteiger partial charge in [-0.1, -0.05) is 0 Å². The quantitative estimate of drug-likeness (QED) is 0.595. The highest BCUT2D eigenvalue weighted by atomic mass is 16.5. The smallest absolute Gasteiger partial charge is 0.339 e. The molecular formula is C23H29NO6. The van der Waals surface area contributed by atoms with Crippen LogP contribution in [0.15, 0.2) is 21.3 Å². The molecule has 1 aromatic heterocycles. The van der Waals surface area contributed by atoms with Crippen molar-refractivity contribution in [2.75, 3.05) is 7.11 Å². The molecular weight excluding hydrogens is 386 g/mol. The van der Waals surface area contributed by atoms with Gasteiger partial charge in [0, 0.05) is 11.6 Å². The van der Waals surface area contributed by atoms with Crippen molar-refractivity contribution in [3.8, 4) is 5.75 Å². The van der Waals surface area contributed by atoms with E-state index in [4.69, 9.17) is 13.9 Å². The van der Waals surface area contributed by atoms with Gasteiger partial charge in [0.05, 0.1) is 18.4 Å². The van der Waals surface area contributed by atoms with E-state index >= 15 is 0 Å². The third-order valence-electron chi connectivity index (χ3n) is 5.94. The molecule has 3 rings (SSSR count). The molecule has 7 nitrogen and oxygen atoms in total. The third kappa shape index (κ3) is 4.50. The summed E-state index contributed by atoms with van der Waals surface area (Å²) in [6, 6.07) is 3.65.